The fourth-order valence-corrected chi connectivity index (χ4v) is 3.60. The first kappa shape index (κ1) is 22.0. The molecule has 0 saturated heterocycles. The smallest absolute Gasteiger partial charge is 0.226 e. The van der Waals surface area contributed by atoms with Crippen molar-refractivity contribution in [3.63, 3.8) is 0 Å². The monoisotopic (exact) mass is 531 g/mol. The van der Waals surface area contributed by atoms with Gasteiger partial charge in [-0.2, -0.15) is 0 Å². The fourth-order valence-electron chi connectivity index (χ4n) is 2.77. The van der Waals surface area contributed by atoms with Crippen LogP contribution in [0.3, 0.4) is 0 Å². The zero-order valence-electron chi connectivity index (χ0n) is 16.4. The Bertz CT molecular complexity index is 995. The first-order chi connectivity index (χ1) is 14.3. The molecule has 2 N–H and O–H groups in total. The summed E-state index contributed by atoms with van der Waals surface area (Å²) in [5.74, 6) is 1.30. The Morgan fingerprint density at radius 1 is 0.900 bits per heavy atom. The van der Waals surface area contributed by atoms with E-state index >= 15 is 0 Å². The number of benzene rings is 2. The first-order valence-electron chi connectivity index (χ1n) is 9.26. The van der Waals surface area contributed by atoms with E-state index in [1.165, 1.54) is 0 Å². The minimum Gasteiger partial charge on any atom is -0.444 e. The predicted molar refractivity (Wildman–Crippen MR) is 132 cm³/mol. The maximum absolute atomic E-state index is 5.57. The van der Waals surface area contributed by atoms with Crippen LogP contribution in [0.5, 0.6) is 0 Å². The van der Waals surface area contributed by atoms with Gasteiger partial charge in [-0.15, -0.1) is 35.3 Å². The fraction of sp³-hybridized carbons (Fsp3) is 0.136. The summed E-state index contributed by atoms with van der Waals surface area (Å²) < 4.78 is 5.57. The van der Waals surface area contributed by atoms with Crippen molar-refractivity contribution >= 4 is 41.3 Å². The quantitative estimate of drug-likeness (QED) is 0.209. The zero-order chi connectivity index (χ0) is 19.9. The maximum Gasteiger partial charge on any atom is 0.226 e. The summed E-state index contributed by atoms with van der Waals surface area (Å²) in [6.07, 6.45) is 1.66. The van der Waals surface area contributed by atoms with Crippen LogP contribution >= 0.6 is 35.3 Å². The molecule has 2 heterocycles. The molecule has 2 aromatic heterocycles. The van der Waals surface area contributed by atoms with Crippen molar-refractivity contribution in [3.05, 3.63) is 83.7 Å². The number of hydrogen-bond donors (Lipinski definition) is 2. The Labute approximate surface area is 196 Å². The van der Waals surface area contributed by atoms with Gasteiger partial charge < -0.3 is 15.1 Å². The molecule has 0 bridgehead atoms. The second-order valence-electron chi connectivity index (χ2n) is 6.30. The van der Waals surface area contributed by atoms with Crippen LogP contribution in [0, 0.1) is 0 Å². The van der Waals surface area contributed by atoms with Crippen molar-refractivity contribution in [1.29, 1.82) is 0 Å². The maximum atomic E-state index is 5.57. The van der Waals surface area contributed by atoms with Gasteiger partial charge in [0.15, 0.2) is 5.96 Å². The SMILES string of the molecule is CN=C(NCc1coc(-c2ccccc2)n1)NCc1csc(-c2ccccc2)n1.I. The standard InChI is InChI=1S/C22H21N5OS.HI/c1-23-22(24-12-18-14-28-20(26-18)16-8-4-2-5-9-16)25-13-19-15-29-21(27-19)17-10-6-3-7-11-17;/h2-11,14-15H,12-13H2,1H3,(H2,23,24,25);1H. The average molecular weight is 531 g/mol. The van der Waals surface area contributed by atoms with Gasteiger partial charge in [-0.3, -0.25) is 4.99 Å². The van der Waals surface area contributed by atoms with E-state index in [-0.39, 0.29) is 24.0 Å². The molecule has 4 aromatic rings. The topological polar surface area (TPSA) is 75.3 Å². The number of thiazole rings is 1. The van der Waals surface area contributed by atoms with Gasteiger partial charge in [0.2, 0.25) is 5.89 Å². The molecular weight excluding hydrogens is 509 g/mol. The molecule has 154 valence electrons. The lowest BCUT2D eigenvalue weighted by Crippen LogP contribution is -2.36. The minimum atomic E-state index is 0. The van der Waals surface area contributed by atoms with Crippen LogP contribution in [0.15, 0.2) is 81.7 Å². The molecule has 30 heavy (non-hydrogen) atoms. The lowest BCUT2D eigenvalue weighted by molar-refractivity contribution is 0.572. The van der Waals surface area contributed by atoms with Crippen LogP contribution < -0.4 is 10.6 Å². The van der Waals surface area contributed by atoms with Gasteiger partial charge in [-0.1, -0.05) is 48.5 Å². The van der Waals surface area contributed by atoms with E-state index in [1.807, 2.05) is 48.5 Å². The van der Waals surface area contributed by atoms with Crippen molar-refractivity contribution in [1.82, 2.24) is 20.6 Å². The Kier molecular flexibility index (Phi) is 7.97. The highest BCUT2D eigenvalue weighted by Crippen LogP contribution is 2.23. The van der Waals surface area contributed by atoms with Crippen LogP contribution in [0.4, 0.5) is 0 Å². The number of halogens is 1. The molecule has 0 saturated carbocycles. The van der Waals surface area contributed by atoms with Gasteiger partial charge in [0.25, 0.3) is 0 Å². The molecule has 0 unspecified atom stereocenters. The third-order valence-electron chi connectivity index (χ3n) is 4.24. The van der Waals surface area contributed by atoms with Crippen LogP contribution in [0.1, 0.15) is 11.4 Å². The molecule has 2 aromatic carbocycles. The highest BCUT2D eigenvalue weighted by Gasteiger charge is 2.08. The number of oxazole rings is 1. The van der Waals surface area contributed by atoms with E-state index in [9.17, 15) is 0 Å². The Hall–Kier alpha value is -2.72. The predicted octanol–water partition coefficient (Wildman–Crippen LogP) is 4.95. The van der Waals surface area contributed by atoms with Gasteiger partial charge in [0.1, 0.15) is 11.3 Å². The van der Waals surface area contributed by atoms with Gasteiger partial charge in [0, 0.05) is 23.6 Å². The van der Waals surface area contributed by atoms with Crippen molar-refractivity contribution in [3.8, 4) is 22.0 Å². The summed E-state index contributed by atoms with van der Waals surface area (Å²) in [4.78, 5) is 13.5. The second kappa shape index (κ2) is 10.9. The second-order valence-corrected chi connectivity index (χ2v) is 7.16. The van der Waals surface area contributed by atoms with E-state index in [0.29, 0.717) is 24.9 Å². The number of guanidine groups is 1. The normalized spacial score (nSPS) is 11.0. The van der Waals surface area contributed by atoms with Gasteiger partial charge in [-0.25, -0.2) is 9.97 Å². The summed E-state index contributed by atoms with van der Waals surface area (Å²) in [5, 5.41) is 9.61. The van der Waals surface area contributed by atoms with Crippen molar-refractivity contribution in [2.75, 3.05) is 7.05 Å². The molecule has 0 aliphatic rings. The molecule has 0 atom stereocenters. The van der Waals surface area contributed by atoms with Gasteiger partial charge in [0.05, 0.1) is 24.5 Å². The van der Waals surface area contributed by atoms with Gasteiger partial charge >= 0.3 is 0 Å². The molecule has 0 spiro atoms. The highest BCUT2D eigenvalue weighted by molar-refractivity contribution is 14.0. The minimum absolute atomic E-state index is 0. The van der Waals surface area contributed by atoms with E-state index in [4.69, 9.17) is 4.42 Å². The zero-order valence-corrected chi connectivity index (χ0v) is 19.6. The van der Waals surface area contributed by atoms with E-state index in [2.05, 4.69) is 43.1 Å². The molecule has 0 fully saturated rings. The lowest BCUT2D eigenvalue weighted by atomic mass is 10.2. The van der Waals surface area contributed by atoms with E-state index in [1.54, 1.807) is 24.6 Å². The molecule has 0 aliphatic heterocycles. The summed E-state index contributed by atoms with van der Waals surface area (Å²) in [5.41, 5.74) is 3.88. The molecule has 6 nitrogen and oxygen atoms in total. The molecular formula is C22H22IN5OS. The Balaban J connectivity index is 0.00000256. The third kappa shape index (κ3) is 5.67. The summed E-state index contributed by atoms with van der Waals surface area (Å²) in [6.45, 7) is 1.11. The highest BCUT2D eigenvalue weighted by atomic mass is 127. The summed E-state index contributed by atoms with van der Waals surface area (Å²) >= 11 is 1.64. The lowest BCUT2D eigenvalue weighted by Gasteiger charge is -2.09. The summed E-state index contributed by atoms with van der Waals surface area (Å²) in [7, 11) is 1.74. The van der Waals surface area contributed by atoms with Crippen molar-refractivity contribution < 1.29 is 4.42 Å². The number of aromatic nitrogens is 2. The van der Waals surface area contributed by atoms with Gasteiger partial charge in [-0.05, 0) is 12.1 Å². The van der Waals surface area contributed by atoms with Crippen molar-refractivity contribution in [2.45, 2.75) is 13.1 Å². The van der Waals surface area contributed by atoms with E-state index in [0.717, 1.165) is 27.5 Å². The summed E-state index contributed by atoms with van der Waals surface area (Å²) in [6, 6.07) is 20.0. The third-order valence-corrected chi connectivity index (χ3v) is 5.18. The molecule has 4 rings (SSSR count). The molecule has 8 heteroatoms. The van der Waals surface area contributed by atoms with Crippen LogP contribution in [0.25, 0.3) is 22.0 Å². The largest absolute Gasteiger partial charge is 0.444 e. The Morgan fingerprint density at radius 3 is 2.20 bits per heavy atom. The first-order valence-corrected chi connectivity index (χ1v) is 10.1. The van der Waals surface area contributed by atoms with Crippen LogP contribution in [-0.2, 0) is 13.1 Å². The Morgan fingerprint density at radius 2 is 1.53 bits per heavy atom. The van der Waals surface area contributed by atoms with Crippen LogP contribution in [-0.4, -0.2) is 23.0 Å². The molecule has 0 amide bonds. The number of hydrogen-bond acceptors (Lipinski definition) is 5. The molecule has 0 radical (unpaired) electrons. The number of nitrogens with one attached hydrogen (secondary N) is 2. The molecule has 0 aliphatic carbocycles. The number of rotatable bonds is 6. The van der Waals surface area contributed by atoms with Crippen molar-refractivity contribution in [2.24, 2.45) is 4.99 Å². The average Bonchev–Trinajstić information content (AvgIpc) is 3.45. The van der Waals surface area contributed by atoms with E-state index < -0.39 is 0 Å². The van der Waals surface area contributed by atoms with Crippen LogP contribution in [0.2, 0.25) is 0 Å². The number of aliphatic imine (C=N–C) groups is 1. The number of nitrogens with zero attached hydrogens (tertiary/aromatic N) is 3.